The molecule has 1 amide bonds. The van der Waals surface area contributed by atoms with Gasteiger partial charge in [0.1, 0.15) is 12.3 Å². The molecule has 0 saturated carbocycles. The maximum Gasteiger partial charge on any atom is 0.241 e. The number of rotatable bonds is 8. The molecule has 0 bridgehead atoms. The number of nitrogens with one attached hydrogen (secondary N) is 1. The highest BCUT2D eigenvalue weighted by atomic mass is 32.2. The Bertz CT molecular complexity index is 838. The molecule has 0 aliphatic heterocycles. The van der Waals surface area contributed by atoms with Crippen LogP contribution in [0.4, 0.5) is 5.69 Å². The maximum atomic E-state index is 12.6. The summed E-state index contributed by atoms with van der Waals surface area (Å²) in [5, 5.41) is 2.91. The van der Waals surface area contributed by atoms with Crippen LogP contribution in [-0.4, -0.2) is 34.2 Å². The molecule has 26 heavy (non-hydrogen) atoms. The lowest BCUT2D eigenvalue weighted by Crippen LogP contribution is -2.41. The van der Waals surface area contributed by atoms with E-state index in [4.69, 9.17) is 4.74 Å². The second-order valence-corrected chi connectivity index (χ2v) is 7.79. The van der Waals surface area contributed by atoms with Gasteiger partial charge in [-0.2, -0.15) is 0 Å². The number of benzene rings is 2. The molecule has 0 aliphatic rings. The van der Waals surface area contributed by atoms with Gasteiger partial charge < -0.3 is 10.1 Å². The summed E-state index contributed by atoms with van der Waals surface area (Å²) in [6, 6.07) is 16.1. The monoisotopic (exact) mass is 376 g/mol. The van der Waals surface area contributed by atoms with Crippen LogP contribution in [0.5, 0.6) is 5.75 Å². The van der Waals surface area contributed by atoms with Crippen LogP contribution >= 0.6 is 0 Å². The first-order valence-corrected chi connectivity index (χ1v) is 10.2. The highest BCUT2D eigenvalue weighted by Crippen LogP contribution is 2.29. The summed E-state index contributed by atoms with van der Waals surface area (Å²) in [6.07, 6.45) is 1.77. The standard InChI is InChI=1S/C19H24N2O4S/c1-4-16(15-10-6-5-7-11-15)20-19(22)14-21(26(3,23)24)17-12-8-9-13-18(17)25-2/h5-13,16H,4,14H2,1-3H3,(H,20,22). The Kier molecular flexibility index (Phi) is 6.63. The van der Waals surface area contributed by atoms with E-state index in [2.05, 4.69) is 5.32 Å². The number of methoxy groups -OCH3 is 1. The average molecular weight is 376 g/mol. The molecule has 2 aromatic rings. The predicted octanol–water partition coefficient (Wildman–Crippen LogP) is 2.73. The largest absolute Gasteiger partial charge is 0.495 e. The molecule has 0 heterocycles. The van der Waals surface area contributed by atoms with Gasteiger partial charge in [-0.25, -0.2) is 8.42 Å². The molecule has 0 aliphatic carbocycles. The normalized spacial score (nSPS) is 12.3. The molecule has 1 atom stereocenters. The van der Waals surface area contributed by atoms with Gasteiger partial charge in [0.05, 0.1) is 25.1 Å². The zero-order valence-corrected chi connectivity index (χ0v) is 16.0. The van der Waals surface area contributed by atoms with Gasteiger partial charge in [-0.05, 0) is 24.1 Å². The zero-order chi connectivity index (χ0) is 19.2. The highest BCUT2D eigenvalue weighted by Gasteiger charge is 2.24. The zero-order valence-electron chi connectivity index (χ0n) is 15.2. The number of amides is 1. The van der Waals surface area contributed by atoms with E-state index < -0.39 is 10.0 Å². The van der Waals surface area contributed by atoms with E-state index in [1.165, 1.54) is 7.11 Å². The molecule has 0 saturated heterocycles. The Hall–Kier alpha value is -2.54. The van der Waals surface area contributed by atoms with E-state index in [9.17, 15) is 13.2 Å². The number of hydrogen-bond donors (Lipinski definition) is 1. The summed E-state index contributed by atoms with van der Waals surface area (Å²) in [4.78, 5) is 12.6. The van der Waals surface area contributed by atoms with Gasteiger partial charge in [0.15, 0.2) is 0 Å². The SMILES string of the molecule is CCC(NC(=O)CN(c1ccccc1OC)S(C)(=O)=O)c1ccccc1. The molecule has 2 aromatic carbocycles. The van der Waals surface area contributed by atoms with Crippen molar-refractivity contribution in [2.24, 2.45) is 0 Å². The second-order valence-electron chi connectivity index (χ2n) is 5.88. The van der Waals surface area contributed by atoms with E-state index in [1.54, 1.807) is 24.3 Å². The van der Waals surface area contributed by atoms with E-state index in [0.29, 0.717) is 17.9 Å². The first-order chi connectivity index (χ1) is 12.4. The predicted molar refractivity (Wildman–Crippen MR) is 103 cm³/mol. The third-order valence-electron chi connectivity index (χ3n) is 3.99. The fourth-order valence-electron chi connectivity index (χ4n) is 2.69. The van der Waals surface area contributed by atoms with Crippen LogP contribution in [0.25, 0.3) is 0 Å². The van der Waals surface area contributed by atoms with Crippen LogP contribution in [-0.2, 0) is 14.8 Å². The van der Waals surface area contributed by atoms with Crippen LogP contribution in [0.15, 0.2) is 54.6 Å². The molecule has 6 nitrogen and oxygen atoms in total. The van der Waals surface area contributed by atoms with Crippen molar-refractivity contribution >= 4 is 21.6 Å². The van der Waals surface area contributed by atoms with Crippen molar-refractivity contribution in [3.8, 4) is 5.75 Å². The first kappa shape index (κ1) is 19.8. The molecule has 2 rings (SSSR count). The van der Waals surface area contributed by atoms with Gasteiger partial charge in [0, 0.05) is 0 Å². The van der Waals surface area contributed by atoms with Crippen molar-refractivity contribution in [2.75, 3.05) is 24.2 Å². The topological polar surface area (TPSA) is 75.7 Å². The minimum atomic E-state index is -3.66. The molecule has 140 valence electrons. The van der Waals surface area contributed by atoms with Crippen molar-refractivity contribution in [1.82, 2.24) is 5.32 Å². The molecule has 0 spiro atoms. The summed E-state index contributed by atoms with van der Waals surface area (Å²) in [7, 11) is -2.20. The van der Waals surface area contributed by atoms with Gasteiger partial charge in [0.2, 0.25) is 15.9 Å². The maximum absolute atomic E-state index is 12.6. The van der Waals surface area contributed by atoms with Crippen molar-refractivity contribution < 1.29 is 17.9 Å². The molecular weight excluding hydrogens is 352 g/mol. The summed E-state index contributed by atoms with van der Waals surface area (Å²) in [5.41, 5.74) is 1.31. The number of sulfonamides is 1. The number of nitrogens with zero attached hydrogens (tertiary/aromatic N) is 1. The fourth-order valence-corrected chi connectivity index (χ4v) is 3.55. The Morgan fingerprint density at radius 2 is 1.73 bits per heavy atom. The summed E-state index contributed by atoms with van der Waals surface area (Å²) >= 11 is 0. The van der Waals surface area contributed by atoms with Gasteiger partial charge in [-0.3, -0.25) is 9.10 Å². The van der Waals surface area contributed by atoms with E-state index in [1.807, 2.05) is 37.3 Å². The number of para-hydroxylation sites is 2. The molecule has 1 unspecified atom stereocenters. The number of hydrogen-bond acceptors (Lipinski definition) is 4. The van der Waals surface area contributed by atoms with E-state index >= 15 is 0 Å². The minimum Gasteiger partial charge on any atom is -0.495 e. The van der Waals surface area contributed by atoms with Gasteiger partial charge in [-0.15, -0.1) is 0 Å². The number of anilines is 1. The molecule has 0 fully saturated rings. The van der Waals surface area contributed by atoms with Crippen LogP contribution in [0, 0.1) is 0 Å². The lowest BCUT2D eigenvalue weighted by molar-refractivity contribution is -0.120. The van der Waals surface area contributed by atoms with E-state index in [0.717, 1.165) is 16.1 Å². The number of carbonyl (C=O) groups excluding carboxylic acids is 1. The summed E-state index contributed by atoms with van der Waals surface area (Å²) in [5.74, 6) is 0.0119. The highest BCUT2D eigenvalue weighted by molar-refractivity contribution is 7.92. The smallest absolute Gasteiger partial charge is 0.241 e. The van der Waals surface area contributed by atoms with Crippen LogP contribution in [0.1, 0.15) is 24.9 Å². The number of carbonyl (C=O) groups is 1. The van der Waals surface area contributed by atoms with Crippen LogP contribution < -0.4 is 14.4 Å². The van der Waals surface area contributed by atoms with Crippen LogP contribution in [0.2, 0.25) is 0 Å². The minimum absolute atomic E-state index is 0.178. The van der Waals surface area contributed by atoms with Crippen molar-refractivity contribution in [3.63, 3.8) is 0 Å². The third kappa shape index (κ3) is 4.98. The molecule has 0 radical (unpaired) electrons. The van der Waals surface area contributed by atoms with Crippen molar-refractivity contribution in [1.29, 1.82) is 0 Å². The lowest BCUT2D eigenvalue weighted by Gasteiger charge is -2.25. The van der Waals surface area contributed by atoms with Crippen molar-refractivity contribution in [2.45, 2.75) is 19.4 Å². The number of ether oxygens (including phenoxy) is 1. The lowest BCUT2D eigenvalue weighted by atomic mass is 10.0. The van der Waals surface area contributed by atoms with Crippen molar-refractivity contribution in [3.05, 3.63) is 60.2 Å². The third-order valence-corrected chi connectivity index (χ3v) is 5.11. The molecular formula is C19H24N2O4S. The Morgan fingerprint density at radius 3 is 2.31 bits per heavy atom. The quantitative estimate of drug-likeness (QED) is 0.769. The Labute approximate surface area is 154 Å². The average Bonchev–Trinajstić information content (AvgIpc) is 2.64. The summed E-state index contributed by atoms with van der Waals surface area (Å²) in [6.45, 7) is 1.65. The molecule has 7 heteroatoms. The first-order valence-electron chi connectivity index (χ1n) is 8.31. The Balaban J connectivity index is 2.22. The second kappa shape index (κ2) is 8.71. The summed E-state index contributed by atoms with van der Waals surface area (Å²) < 4.78 is 30.8. The Morgan fingerprint density at radius 1 is 1.12 bits per heavy atom. The molecule has 1 N–H and O–H groups in total. The van der Waals surface area contributed by atoms with Gasteiger partial charge >= 0.3 is 0 Å². The molecule has 0 aromatic heterocycles. The van der Waals surface area contributed by atoms with Crippen LogP contribution in [0.3, 0.4) is 0 Å². The fraction of sp³-hybridized carbons (Fsp3) is 0.316. The van der Waals surface area contributed by atoms with Gasteiger partial charge in [-0.1, -0.05) is 49.4 Å². The van der Waals surface area contributed by atoms with Gasteiger partial charge in [0.25, 0.3) is 0 Å². The van der Waals surface area contributed by atoms with E-state index in [-0.39, 0.29) is 18.5 Å².